The number of ether oxygens (including phenoxy) is 1. The first-order chi connectivity index (χ1) is 7.88. The number of fused-ring (bicyclic) bond motifs is 1. The minimum absolute atomic E-state index is 0.497. The Morgan fingerprint density at radius 3 is 3.19 bits per heavy atom. The van der Waals surface area contributed by atoms with Gasteiger partial charge in [-0.2, -0.15) is 10.1 Å². The van der Waals surface area contributed by atoms with Crippen molar-refractivity contribution in [3.8, 4) is 11.6 Å². The van der Waals surface area contributed by atoms with Crippen LogP contribution in [0.5, 0.6) is 0 Å². The maximum atomic E-state index is 5.33. The molecule has 2 aromatic rings. The van der Waals surface area contributed by atoms with Crippen LogP contribution in [0.1, 0.15) is 24.0 Å². The lowest BCUT2D eigenvalue weighted by atomic mass is 10.1. The molecule has 3 heterocycles. The van der Waals surface area contributed by atoms with Crippen LogP contribution < -0.4 is 0 Å². The fourth-order valence-corrected chi connectivity index (χ4v) is 1.81. The predicted octanol–water partition coefficient (Wildman–Crippen LogP) is 1.09. The molecule has 3 rings (SSSR count). The summed E-state index contributed by atoms with van der Waals surface area (Å²) in [6.45, 7) is 3.29. The molecule has 6 nitrogen and oxygen atoms in total. The van der Waals surface area contributed by atoms with Crippen molar-refractivity contribution in [2.24, 2.45) is 0 Å². The van der Waals surface area contributed by atoms with E-state index < -0.39 is 0 Å². The van der Waals surface area contributed by atoms with Crippen LogP contribution in [-0.4, -0.2) is 26.9 Å². The van der Waals surface area contributed by atoms with E-state index in [9.17, 15) is 0 Å². The number of hydrogen-bond donors (Lipinski definition) is 1. The standard InChI is InChI=1S/C10H12N4O2/c1-2-8-11-10(16-14-8)9-6-3-4-15-5-7(6)12-13-9/h2-5H2,1H3,(H,12,13). The number of hydrogen-bond acceptors (Lipinski definition) is 5. The molecule has 0 atom stereocenters. The molecule has 0 unspecified atom stereocenters. The predicted molar refractivity (Wildman–Crippen MR) is 54.6 cm³/mol. The first-order valence-electron chi connectivity index (χ1n) is 5.35. The summed E-state index contributed by atoms with van der Waals surface area (Å²) in [5.41, 5.74) is 2.92. The Morgan fingerprint density at radius 1 is 1.44 bits per heavy atom. The second kappa shape index (κ2) is 3.71. The molecule has 1 N–H and O–H groups in total. The van der Waals surface area contributed by atoms with Gasteiger partial charge in [0.1, 0.15) is 0 Å². The Morgan fingerprint density at radius 2 is 2.38 bits per heavy atom. The Hall–Kier alpha value is -1.69. The molecular formula is C10H12N4O2. The Kier molecular flexibility index (Phi) is 2.21. The lowest BCUT2D eigenvalue weighted by Crippen LogP contribution is -2.08. The number of aryl methyl sites for hydroxylation is 1. The van der Waals surface area contributed by atoms with Crippen molar-refractivity contribution >= 4 is 0 Å². The fourth-order valence-electron chi connectivity index (χ4n) is 1.81. The van der Waals surface area contributed by atoms with Crippen LogP contribution in [-0.2, 0) is 24.2 Å². The van der Waals surface area contributed by atoms with Gasteiger partial charge in [-0.3, -0.25) is 5.10 Å². The minimum atomic E-state index is 0.497. The monoisotopic (exact) mass is 220 g/mol. The average Bonchev–Trinajstić information content (AvgIpc) is 2.94. The van der Waals surface area contributed by atoms with Crippen molar-refractivity contribution in [1.29, 1.82) is 0 Å². The SMILES string of the molecule is CCc1noc(-c2n[nH]c3c2CCOC3)n1. The molecule has 1 aliphatic heterocycles. The maximum absolute atomic E-state index is 5.33. The smallest absolute Gasteiger partial charge is 0.278 e. The summed E-state index contributed by atoms with van der Waals surface area (Å²) in [5, 5.41) is 11.0. The van der Waals surface area contributed by atoms with Crippen LogP contribution in [0.25, 0.3) is 11.6 Å². The molecule has 0 radical (unpaired) electrons. The number of nitrogens with one attached hydrogen (secondary N) is 1. The van der Waals surface area contributed by atoms with Crippen LogP contribution in [0.15, 0.2) is 4.52 Å². The average molecular weight is 220 g/mol. The second-order valence-corrected chi connectivity index (χ2v) is 3.70. The topological polar surface area (TPSA) is 76.8 Å². The van der Waals surface area contributed by atoms with E-state index in [2.05, 4.69) is 20.3 Å². The molecule has 0 spiro atoms. The second-order valence-electron chi connectivity index (χ2n) is 3.70. The molecule has 0 bridgehead atoms. The first-order valence-corrected chi connectivity index (χ1v) is 5.35. The summed E-state index contributed by atoms with van der Waals surface area (Å²) in [4.78, 5) is 4.28. The largest absolute Gasteiger partial charge is 0.375 e. The van der Waals surface area contributed by atoms with Gasteiger partial charge in [0.05, 0.1) is 18.9 Å². The van der Waals surface area contributed by atoms with Gasteiger partial charge in [0.2, 0.25) is 0 Å². The molecule has 1 aliphatic rings. The van der Waals surface area contributed by atoms with Gasteiger partial charge in [-0.25, -0.2) is 0 Å². The molecule has 84 valence electrons. The lowest BCUT2D eigenvalue weighted by molar-refractivity contribution is 0.108. The molecule has 0 amide bonds. The van der Waals surface area contributed by atoms with E-state index in [4.69, 9.17) is 9.26 Å². The van der Waals surface area contributed by atoms with E-state index in [0.717, 1.165) is 29.8 Å². The normalized spacial score (nSPS) is 15.1. The molecule has 0 saturated carbocycles. The highest BCUT2D eigenvalue weighted by Crippen LogP contribution is 2.25. The molecule has 0 fully saturated rings. The molecule has 0 aliphatic carbocycles. The molecule has 6 heteroatoms. The Labute approximate surface area is 92.0 Å². The van der Waals surface area contributed by atoms with Gasteiger partial charge < -0.3 is 9.26 Å². The maximum Gasteiger partial charge on any atom is 0.278 e. The lowest BCUT2D eigenvalue weighted by Gasteiger charge is -2.10. The summed E-state index contributed by atoms with van der Waals surface area (Å²) in [6, 6.07) is 0. The van der Waals surface area contributed by atoms with E-state index in [0.29, 0.717) is 24.9 Å². The third-order valence-corrected chi connectivity index (χ3v) is 2.68. The van der Waals surface area contributed by atoms with E-state index in [1.54, 1.807) is 0 Å². The van der Waals surface area contributed by atoms with Gasteiger partial charge in [-0.1, -0.05) is 12.1 Å². The highest BCUT2D eigenvalue weighted by atomic mass is 16.5. The summed E-state index contributed by atoms with van der Waals surface area (Å²) in [7, 11) is 0. The van der Waals surface area contributed by atoms with Gasteiger partial charge in [0.25, 0.3) is 5.89 Å². The zero-order valence-corrected chi connectivity index (χ0v) is 8.99. The van der Waals surface area contributed by atoms with E-state index in [1.807, 2.05) is 6.92 Å². The highest BCUT2D eigenvalue weighted by molar-refractivity contribution is 5.54. The van der Waals surface area contributed by atoms with Crippen LogP contribution in [0.3, 0.4) is 0 Å². The zero-order valence-electron chi connectivity index (χ0n) is 8.99. The van der Waals surface area contributed by atoms with Crippen LogP contribution in [0.4, 0.5) is 0 Å². The molecule has 16 heavy (non-hydrogen) atoms. The van der Waals surface area contributed by atoms with Gasteiger partial charge in [-0.05, 0) is 0 Å². The van der Waals surface area contributed by atoms with Crippen molar-refractivity contribution in [3.05, 3.63) is 17.1 Å². The highest BCUT2D eigenvalue weighted by Gasteiger charge is 2.21. The van der Waals surface area contributed by atoms with E-state index >= 15 is 0 Å². The first kappa shape index (κ1) is 9.53. The minimum Gasteiger partial charge on any atom is -0.375 e. The number of aromatic amines is 1. The van der Waals surface area contributed by atoms with E-state index in [1.165, 1.54) is 0 Å². The third kappa shape index (κ3) is 1.42. The van der Waals surface area contributed by atoms with Gasteiger partial charge in [-0.15, -0.1) is 0 Å². The van der Waals surface area contributed by atoms with Crippen LogP contribution in [0, 0.1) is 0 Å². The van der Waals surface area contributed by atoms with Crippen molar-refractivity contribution < 1.29 is 9.26 Å². The van der Waals surface area contributed by atoms with Crippen LogP contribution >= 0.6 is 0 Å². The summed E-state index contributed by atoms with van der Waals surface area (Å²) >= 11 is 0. The molecule has 0 aromatic carbocycles. The zero-order chi connectivity index (χ0) is 11.0. The van der Waals surface area contributed by atoms with Gasteiger partial charge in [0, 0.05) is 18.4 Å². The summed E-state index contributed by atoms with van der Waals surface area (Å²) in [5.74, 6) is 1.20. The van der Waals surface area contributed by atoms with Crippen molar-refractivity contribution in [2.45, 2.75) is 26.4 Å². The van der Waals surface area contributed by atoms with Gasteiger partial charge >= 0.3 is 0 Å². The van der Waals surface area contributed by atoms with Crippen LogP contribution in [0.2, 0.25) is 0 Å². The summed E-state index contributed by atoms with van der Waals surface area (Å²) < 4.78 is 10.5. The summed E-state index contributed by atoms with van der Waals surface area (Å²) in [6.07, 6.45) is 1.60. The molecule has 0 saturated heterocycles. The Bertz CT molecular complexity index is 503. The van der Waals surface area contributed by atoms with Crippen molar-refractivity contribution in [3.63, 3.8) is 0 Å². The number of rotatable bonds is 2. The number of H-pyrrole nitrogens is 1. The molecular weight excluding hydrogens is 208 g/mol. The van der Waals surface area contributed by atoms with E-state index in [-0.39, 0.29) is 0 Å². The van der Waals surface area contributed by atoms with Gasteiger partial charge in [0.15, 0.2) is 11.5 Å². The molecule has 2 aromatic heterocycles. The number of nitrogens with zero attached hydrogens (tertiary/aromatic N) is 3. The van der Waals surface area contributed by atoms with Crippen molar-refractivity contribution in [2.75, 3.05) is 6.61 Å². The quantitative estimate of drug-likeness (QED) is 0.819. The number of aromatic nitrogens is 4. The third-order valence-electron chi connectivity index (χ3n) is 2.68. The Balaban J connectivity index is 2.02. The van der Waals surface area contributed by atoms with Crippen molar-refractivity contribution in [1.82, 2.24) is 20.3 Å². The fraction of sp³-hybridized carbons (Fsp3) is 0.500.